The number of nitrogens with zero attached hydrogens (tertiary/aromatic N) is 1. The summed E-state index contributed by atoms with van der Waals surface area (Å²) in [7, 11) is 0. The molecule has 4 aromatic rings. The van der Waals surface area contributed by atoms with E-state index in [0.717, 1.165) is 28.1 Å². The highest BCUT2D eigenvalue weighted by molar-refractivity contribution is 5.78. The first-order valence-corrected chi connectivity index (χ1v) is 9.43. The lowest BCUT2D eigenvalue weighted by molar-refractivity contribution is -0.139. The molecule has 0 saturated carbocycles. The minimum absolute atomic E-state index is 0.365. The zero-order chi connectivity index (χ0) is 20.8. The van der Waals surface area contributed by atoms with E-state index in [2.05, 4.69) is 0 Å². The average molecular weight is 397 g/mol. The van der Waals surface area contributed by atoms with Gasteiger partial charge in [-0.1, -0.05) is 72.8 Å². The van der Waals surface area contributed by atoms with E-state index in [1.807, 2.05) is 84.9 Å². The second-order valence-corrected chi connectivity index (χ2v) is 6.55. The fourth-order valence-electron chi connectivity index (χ4n) is 2.97. The standard InChI is InChI=1S/C25H19NO4/c27-23(28)17-29-21-14-11-18(12-15-21)13-16-22-26-24(19-7-3-1-4-8-19)25(30-22)20-9-5-2-6-10-20/h1-16H,17H2,(H,27,28)/b16-13+. The van der Waals surface area contributed by atoms with Crippen LogP contribution in [-0.2, 0) is 4.79 Å². The molecule has 0 aliphatic heterocycles. The van der Waals surface area contributed by atoms with Crippen LogP contribution in [0.1, 0.15) is 11.5 Å². The molecular weight excluding hydrogens is 378 g/mol. The maximum atomic E-state index is 10.6. The van der Waals surface area contributed by atoms with Gasteiger partial charge in [-0.25, -0.2) is 9.78 Å². The number of oxazole rings is 1. The summed E-state index contributed by atoms with van der Waals surface area (Å²) in [6.07, 6.45) is 3.70. The van der Waals surface area contributed by atoms with Crippen molar-refractivity contribution in [2.24, 2.45) is 0 Å². The van der Waals surface area contributed by atoms with E-state index in [1.54, 1.807) is 12.1 Å². The van der Waals surface area contributed by atoms with Gasteiger partial charge in [-0.3, -0.25) is 0 Å². The van der Waals surface area contributed by atoms with Crippen LogP contribution in [0.15, 0.2) is 89.3 Å². The Kier molecular flexibility index (Phi) is 5.71. The van der Waals surface area contributed by atoms with Gasteiger partial charge >= 0.3 is 5.97 Å². The fraction of sp³-hybridized carbons (Fsp3) is 0.0400. The largest absolute Gasteiger partial charge is 0.482 e. The smallest absolute Gasteiger partial charge is 0.341 e. The molecule has 0 atom stereocenters. The molecule has 0 spiro atoms. The molecule has 0 bridgehead atoms. The first kappa shape index (κ1) is 19.2. The molecule has 0 radical (unpaired) electrons. The van der Waals surface area contributed by atoms with Gasteiger partial charge in [-0.2, -0.15) is 0 Å². The van der Waals surface area contributed by atoms with Gasteiger partial charge in [0.05, 0.1) is 0 Å². The number of benzene rings is 3. The summed E-state index contributed by atoms with van der Waals surface area (Å²) >= 11 is 0. The van der Waals surface area contributed by atoms with Gasteiger partial charge in [0.2, 0.25) is 5.89 Å². The van der Waals surface area contributed by atoms with Gasteiger partial charge in [-0.05, 0) is 23.8 Å². The number of aliphatic carboxylic acids is 1. The molecule has 1 N–H and O–H groups in total. The maximum Gasteiger partial charge on any atom is 0.341 e. The van der Waals surface area contributed by atoms with Crippen LogP contribution in [0, 0.1) is 0 Å². The highest BCUT2D eigenvalue weighted by Gasteiger charge is 2.15. The topological polar surface area (TPSA) is 72.6 Å². The number of rotatable bonds is 7. The lowest BCUT2D eigenvalue weighted by Crippen LogP contribution is -2.09. The van der Waals surface area contributed by atoms with E-state index in [9.17, 15) is 4.79 Å². The van der Waals surface area contributed by atoms with Crippen LogP contribution in [0.2, 0.25) is 0 Å². The molecule has 0 amide bonds. The minimum atomic E-state index is -1.01. The molecule has 1 heterocycles. The van der Waals surface area contributed by atoms with Crippen molar-refractivity contribution in [1.29, 1.82) is 0 Å². The molecular formula is C25H19NO4. The van der Waals surface area contributed by atoms with Gasteiger partial charge in [0.25, 0.3) is 0 Å². The number of ether oxygens (including phenoxy) is 1. The predicted molar refractivity (Wildman–Crippen MR) is 116 cm³/mol. The normalized spacial score (nSPS) is 10.9. The van der Waals surface area contributed by atoms with E-state index in [0.29, 0.717) is 11.6 Å². The van der Waals surface area contributed by atoms with Gasteiger partial charge < -0.3 is 14.3 Å². The summed E-state index contributed by atoms with van der Waals surface area (Å²) < 4.78 is 11.2. The molecule has 1 aromatic heterocycles. The van der Waals surface area contributed by atoms with Crippen molar-refractivity contribution < 1.29 is 19.1 Å². The molecule has 0 aliphatic rings. The van der Waals surface area contributed by atoms with Gasteiger partial charge in [0, 0.05) is 17.2 Å². The number of aromatic nitrogens is 1. The Labute approximate surface area is 173 Å². The van der Waals surface area contributed by atoms with Crippen LogP contribution in [-0.4, -0.2) is 22.7 Å². The quantitative estimate of drug-likeness (QED) is 0.437. The Morgan fingerprint density at radius 2 is 1.50 bits per heavy atom. The van der Waals surface area contributed by atoms with Crippen molar-refractivity contribution >= 4 is 18.1 Å². The molecule has 5 nitrogen and oxygen atoms in total. The third-order valence-electron chi connectivity index (χ3n) is 4.39. The van der Waals surface area contributed by atoms with Crippen LogP contribution in [0.5, 0.6) is 5.75 Å². The average Bonchev–Trinajstić information content (AvgIpc) is 3.22. The van der Waals surface area contributed by atoms with Crippen molar-refractivity contribution in [2.75, 3.05) is 6.61 Å². The first-order valence-electron chi connectivity index (χ1n) is 9.43. The van der Waals surface area contributed by atoms with Crippen molar-refractivity contribution in [3.63, 3.8) is 0 Å². The minimum Gasteiger partial charge on any atom is -0.482 e. The lowest BCUT2D eigenvalue weighted by Gasteiger charge is -2.02. The molecule has 0 aliphatic carbocycles. The highest BCUT2D eigenvalue weighted by atomic mass is 16.5. The van der Waals surface area contributed by atoms with Gasteiger partial charge in [-0.15, -0.1) is 0 Å². The first-order chi connectivity index (χ1) is 14.7. The molecule has 4 rings (SSSR count). The molecule has 148 valence electrons. The molecule has 30 heavy (non-hydrogen) atoms. The number of hydrogen-bond donors (Lipinski definition) is 1. The maximum absolute atomic E-state index is 10.6. The SMILES string of the molecule is O=C(O)COc1ccc(/C=C/c2nc(-c3ccccc3)c(-c3ccccc3)o2)cc1. The van der Waals surface area contributed by atoms with Crippen LogP contribution >= 0.6 is 0 Å². The van der Waals surface area contributed by atoms with E-state index in [1.165, 1.54) is 0 Å². The van der Waals surface area contributed by atoms with E-state index in [4.69, 9.17) is 19.2 Å². The molecule has 0 saturated heterocycles. The number of carboxylic acid groups (broad SMARTS) is 1. The Morgan fingerprint density at radius 1 is 0.867 bits per heavy atom. The summed E-state index contributed by atoms with van der Waals surface area (Å²) in [5.41, 5.74) is 3.65. The summed E-state index contributed by atoms with van der Waals surface area (Å²) in [6.45, 7) is -0.365. The monoisotopic (exact) mass is 397 g/mol. The van der Waals surface area contributed by atoms with E-state index < -0.39 is 5.97 Å². The number of hydrogen-bond acceptors (Lipinski definition) is 4. The van der Waals surface area contributed by atoms with Crippen LogP contribution < -0.4 is 4.74 Å². The zero-order valence-corrected chi connectivity index (χ0v) is 16.1. The van der Waals surface area contributed by atoms with Crippen LogP contribution in [0.25, 0.3) is 34.7 Å². The summed E-state index contributed by atoms with van der Waals surface area (Å²) in [6, 6.07) is 27.0. The van der Waals surface area contributed by atoms with Crippen molar-refractivity contribution in [3.8, 4) is 28.3 Å². The van der Waals surface area contributed by atoms with Gasteiger partial charge in [0.1, 0.15) is 11.4 Å². The molecule has 0 fully saturated rings. The van der Waals surface area contributed by atoms with E-state index >= 15 is 0 Å². The number of carbonyl (C=O) groups is 1. The van der Waals surface area contributed by atoms with Crippen molar-refractivity contribution in [2.45, 2.75) is 0 Å². The van der Waals surface area contributed by atoms with Gasteiger partial charge in [0.15, 0.2) is 12.4 Å². The molecule has 5 heteroatoms. The Bertz CT molecular complexity index is 1090. The summed E-state index contributed by atoms with van der Waals surface area (Å²) in [5.74, 6) is 0.715. The fourth-order valence-corrected chi connectivity index (χ4v) is 2.97. The third kappa shape index (κ3) is 4.64. The molecule has 3 aromatic carbocycles. The lowest BCUT2D eigenvalue weighted by atomic mass is 10.1. The summed E-state index contributed by atoms with van der Waals surface area (Å²) in [5, 5.41) is 8.68. The Hall–Kier alpha value is -4.12. The number of carboxylic acids is 1. The Morgan fingerprint density at radius 3 is 2.13 bits per heavy atom. The van der Waals surface area contributed by atoms with Crippen LogP contribution in [0.3, 0.4) is 0 Å². The Balaban J connectivity index is 1.60. The second kappa shape index (κ2) is 8.92. The van der Waals surface area contributed by atoms with Crippen molar-refractivity contribution in [3.05, 3.63) is 96.4 Å². The van der Waals surface area contributed by atoms with Crippen LogP contribution in [0.4, 0.5) is 0 Å². The highest BCUT2D eigenvalue weighted by Crippen LogP contribution is 2.33. The van der Waals surface area contributed by atoms with E-state index in [-0.39, 0.29) is 6.61 Å². The molecule has 0 unspecified atom stereocenters. The third-order valence-corrected chi connectivity index (χ3v) is 4.39. The van der Waals surface area contributed by atoms with Crippen molar-refractivity contribution in [1.82, 2.24) is 4.98 Å². The predicted octanol–water partition coefficient (Wildman–Crippen LogP) is 5.64. The second-order valence-electron chi connectivity index (χ2n) is 6.55. The zero-order valence-electron chi connectivity index (χ0n) is 16.1. The summed E-state index contributed by atoms with van der Waals surface area (Å²) in [4.78, 5) is 15.3.